The first-order chi connectivity index (χ1) is 7.54. The minimum Gasteiger partial charge on any atom is -0.380 e. The van der Waals surface area contributed by atoms with Gasteiger partial charge < -0.3 is 5.32 Å². The van der Waals surface area contributed by atoms with Gasteiger partial charge >= 0.3 is 0 Å². The quantitative estimate of drug-likeness (QED) is 0.892. The molecule has 0 spiro atoms. The van der Waals surface area contributed by atoms with E-state index in [4.69, 9.17) is 5.26 Å². The van der Waals surface area contributed by atoms with E-state index in [2.05, 4.69) is 48.1 Å². The second-order valence-electron chi connectivity index (χ2n) is 4.20. The fourth-order valence-corrected chi connectivity index (χ4v) is 1.93. The van der Waals surface area contributed by atoms with Gasteiger partial charge in [0, 0.05) is 15.7 Å². The van der Waals surface area contributed by atoms with E-state index in [9.17, 15) is 0 Å². The molecule has 16 heavy (non-hydrogen) atoms. The first kappa shape index (κ1) is 13.1. The Labute approximate surface area is 106 Å². The van der Waals surface area contributed by atoms with Crippen LogP contribution in [0.2, 0.25) is 0 Å². The number of rotatable bonds is 4. The summed E-state index contributed by atoms with van der Waals surface area (Å²) in [4.78, 5) is 0. The smallest absolute Gasteiger partial charge is 0.100 e. The molecule has 1 aromatic carbocycles. The third-order valence-corrected chi connectivity index (χ3v) is 3.75. The largest absolute Gasteiger partial charge is 0.380 e. The summed E-state index contributed by atoms with van der Waals surface area (Å²) in [5.74, 6) is 0. The van der Waals surface area contributed by atoms with Crippen LogP contribution in [-0.2, 0) is 0 Å². The fourth-order valence-electron chi connectivity index (χ4n) is 1.46. The number of hydrogen-bond donors (Lipinski definition) is 1. The summed E-state index contributed by atoms with van der Waals surface area (Å²) in [6, 6.07) is 7.88. The zero-order valence-corrected chi connectivity index (χ0v) is 11.6. The van der Waals surface area contributed by atoms with Gasteiger partial charge in [-0.05, 0) is 53.9 Å². The van der Waals surface area contributed by atoms with Gasteiger partial charge in [0.1, 0.15) is 6.07 Å². The molecular formula is C13H17BrN2. The van der Waals surface area contributed by atoms with Gasteiger partial charge in [0.25, 0.3) is 0 Å². The summed E-state index contributed by atoms with van der Waals surface area (Å²) in [7, 11) is 0. The maximum Gasteiger partial charge on any atom is 0.100 e. The molecule has 0 aliphatic heterocycles. The van der Waals surface area contributed by atoms with Crippen molar-refractivity contribution in [1.29, 1.82) is 5.26 Å². The van der Waals surface area contributed by atoms with E-state index in [0.717, 1.165) is 23.0 Å². The molecule has 0 bridgehead atoms. The molecule has 0 radical (unpaired) electrons. The van der Waals surface area contributed by atoms with Crippen molar-refractivity contribution in [3.63, 3.8) is 0 Å². The van der Waals surface area contributed by atoms with Crippen LogP contribution in [0.1, 0.15) is 39.2 Å². The number of hydrogen-bond acceptors (Lipinski definition) is 2. The van der Waals surface area contributed by atoms with Crippen molar-refractivity contribution in [2.75, 3.05) is 5.32 Å². The highest BCUT2D eigenvalue weighted by molar-refractivity contribution is 9.10. The molecule has 0 saturated heterocycles. The lowest BCUT2D eigenvalue weighted by molar-refractivity contribution is 0.478. The highest BCUT2D eigenvalue weighted by atomic mass is 79.9. The maximum absolute atomic E-state index is 8.83. The topological polar surface area (TPSA) is 35.8 Å². The van der Waals surface area contributed by atoms with Gasteiger partial charge in [0.05, 0.1) is 5.56 Å². The van der Waals surface area contributed by atoms with Gasteiger partial charge in [0.15, 0.2) is 0 Å². The summed E-state index contributed by atoms with van der Waals surface area (Å²) < 4.78 is 0.842. The molecule has 2 nitrogen and oxygen atoms in total. The Morgan fingerprint density at radius 1 is 1.38 bits per heavy atom. The second-order valence-corrected chi connectivity index (χ2v) is 5.05. The van der Waals surface area contributed by atoms with Crippen LogP contribution < -0.4 is 5.32 Å². The molecule has 0 aliphatic carbocycles. The lowest BCUT2D eigenvalue weighted by Crippen LogP contribution is -2.32. The molecule has 0 aromatic heterocycles. The molecule has 1 rings (SSSR count). The summed E-state index contributed by atoms with van der Waals surface area (Å²) in [5.41, 5.74) is 1.84. The van der Waals surface area contributed by atoms with Crippen LogP contribution in [0.5, 0.6) is 0 Å². The van der Waals surface area contributed by atoms with Gasteiger partial charge in [-0.25, -0.2) is 0 Å². The molecule has 0 saturated carbocycles. The first-order valence-electron chi connectivity index (χ1n) is 5.52. The van der Waals surface area contributed by atoms with Gasteiger partial charge in [-0.15, -0.1) is 0 Å². The van der Waals surface area contributed by atoms with Crippen LogP contribution >= 0.6 is 15.9 Å². The van der Waals surface area contributed by atoms with E-state index >= 15 is 0 Å². The zero-order chi connectivity index (χ0) is 12.2. The predicted molar refractivity (Wildman–Crippen MR) is 71.5 cm³/mol. The number of nitrogens with zero attached hydrogens (tertiary/aromatic N) is 1. The molecule has 0 heterocycles. The Kier molecular flexibility index (Phi) is 4.37. The predicted octanol–water partition coefficient (Wildman–Crippen LogP) is 4.31. The third-order valence-electron chi connectivity index (χ3n) is 3.10. The van der Waals surface area contributed by atoms with E-state index in [0.29, 0.717) is 5.56 Å². The average Bonchev–Trinajstić information content (AvgIpc) is 2.29. The third kappa shape index (κ3) is 2.99. The minimum atomic E-state index is 0.119. The standard InChI is InChI=1S/C13H17BrN2/c1-4-13(3,5-2)16-11-7-6-10(9-15)12(14)8-11/h6-8,16H,4-5H2,1-3H3. The molecule has 3 heteroatoms. The van der Waals surface area contributed by atoms with Crippen LogP contribution in [0, 0.1) is 11.3 Å². The number of anilines is 1. The van der Waals surface area contributed by atoms with Crippen molar-refractivity contribution < 1.29 is 0 Å². The molecule has 0 unspecified atom stereocenters. The Morgan fingerprint density at radius 2 is 2.00 bits per heavy atom. The lowest BCUT2D eigenvalue weighted by Gasteiger charge is -2.29. The number of benzene rings is 1. The Balaban J connectivity index is 2.91. The first-order valence-corrected chi connectivity index (χ1v) is 6.31. The van der Waals surface area contributed by atoms with Crippen molar-refractivity contribution in [1.82, 2.24) is 0 Å². The summed E-state index contributed by atoms with van der Waals surface area (Å²) >= 11 is 3.40. The van der Waals surface area contributed by atoms with Crippen LogP contribution in [0.3, 0.4) is 0 Å². The minimum absolute atomic E-state index is 0.119. The van der Waals surface area contributed by atoms with E-state index in [1.165, 1.54) is 0 Å². The average molecular weight is 281 g/mol. The molecule has 0 aliphatic rings. The Hall–Kier alpha value is -1.01. The molecule has 0 atom stereocenters. The molecule has 86 valence electrons. The molecule has 0 amide bonds. The molecule has 0 fully saturated rings. The van der Waals surface area contributed by atoms with Gasteiger partial charge in [-0.1, -0.05) is 13.8 Å². The monoisotopic (exact) mass is 280 g/mol. The Morgan fingerprint density at radius 3 is 2.44 bits per heavy atom. The zero-order valence-electron chi connectivity index (χ0n) is 9.97. The van der Waals surface area contributed by atoms with Crippen molar-refractivity contribution in [2.45, 2.75) is 39.2 Å². The summed E-state index contributed by atoms with van der Waals surface area (Å²) in [6.07, 6.45) is 2.14. The second kappa shape index (κ2) is 5.36. The fraction of sp³-hybridized carbons (Fsp3) is 0.462. The molecular weight excluding hydrogens is 264 g/mol. The number of nitrogens with one attached hydrogen (secondary N) is 1. The lowest BCUT2D eigenvalue weighted by atomic mass is 9.95. The summed E-state index contributed by atoms with van der Waals surface area (Å²) in [6.45, 7) is 6.56. The maximum atomic E-state index is 8.83. The van der Waals surface area contributed by atoms with Crippen molar-refractivity contribution in [3.05, 3.63) is 28.2 Å². The highest BCUT2D eigenvalue weighted by Gasteiger charge is 2.18. The van der Waals surface area contributed by atoms with Crippen LogP contribution in [-0.4, -0.2) is 5.54 Å². The van der Waals surface area contributed by atoms with Crippen LogP contribution in [0.25, 0.3) is 0 Å². The van der Waals surface area contributed by atoms with Gasteiger partial charge in [-0.3, -0.25) is 0 Å². The van der Waals surface area contributed by atoms with E-state index in [1.54, 1.807) is 0 Å². The highest BCUT2D eigenvalue weighted by Crippen LogP contribution is 2.25. The normalized spacial score (nSPS) is 10.9. The van der Waals surface area contributed by atoms with Gasteiger partial charge in [-0.2, -0.15) is 5.26 Å². The SMILES string of the molecule is CCC(C)(CC)Nc1ccc(C#N)c(Br)c1. The van der Waals surface area contributed by atoms with Crippen LogP contribution in [0.4, 0.5) is 5.69 Å². The molecule has 1 N–H and O–H groups in total. The van der Waals surface area contributed by atoms with Gasteiger partial charge in [0.2, 0.25) is 0 Å². The van der Waals surface area contributed by atoms with E-state index < -0.39 is 0 Å². The number of nitriles is 1. The molecule has 1 aromatic rings. The van der Waals surface area contributed by atoms with Crippen molar-refractivity contribution in [3.8, 4) is 6.07 Å². The van der Waals surface area contributed by atoms with Crippen molar-refractivity contribution >= 4 is 21.6 Å². The summed E-state index contributed by atoms with van der Waals surface area (Å²) in [5, 5.41) is 12.3. The van der Waals surface area contributed by atoms with E-state index in [-0.39, 0.29) is 5.54 Å². The van der Waals surface area contributed by atoms with Crippen molar-refractivity contribution in [2.24, 2.45) is 0 Å². The van der Waals surface area contributed by atoms with E-state index in [1.807, 2.05) is 18.2 Å². The number of halogens is 1. The Bertz CT molecular complexity index is 403. The van der Waals surface area contributed by atoms with Crippen LogP contribution in [0.15, 0.2) is 22.7 Å².